The van der Waals surface area contributed by atoms with Gasteiger partial charge in [-0.05, 0) is 108 Å². The van der Waals surface area contributed by atoms with Crippen LogP contribution in [0.4, 0.5) is 0 Å². The van der Waals surface area contributed by atoms with Crippen molar-refractivity contribution in [3.8, 4) is 0 Å². The Bertz CT molecular complexity index is 373. The van der Waals surface area contributed by atoms with Crippen LogP contribution in [0, 0.1) is 0 Å². The van der Waals surface area contributed by atoms with E-state index in [1.165, 1.54) is 38.5 Å². The van der Waals surface area contributed by atoms with Crippen LogP contribution in [0.1, 0.15) is 108 Å². The van der Waals surface area contributed by atoms with E-state index < -0.39 is 0 Å². The second-order valence-corrected chi connectivity index (χ2v) is 11.2. The fourth-order valence-electron chi connectivity index (χ4n) is 6.66. The molecule has 0 amide bonds. The summed E-state index contributed by atoms with van der Waals surface area (Å²) in [6.45, 7) is 24.7. The van der Waals surface area contributed by atoms with Gasteiger partial charge in [-0.1, -0.05) is 0 Å². The fraction of sp³-hybridized carbons (Fsp3) is 1.00. The number of rotatable bonds is 3. The van der Waals surface area contributed by atoms with E-state index in [1.54, 1.807) is 0 Å². The topological polar surface area (TPSA) is 6.48 Å². The van der Waals surface area contributed by atoms with Crippen LogP contribution in [0.2, 0.25) is 0 Å². The summed E-state index contributed by atoms with van der Waals surface area (Å²) in [5.74, 6) is 0. The Balaban J connectivity index is 2.34. The zero-order valence-electron chi connectivity index (χ0n) is 18.3. The van der Waals surface area contributed by atoms with Gasteiger partial charge < -0.3 is 0 Å². The Morgan fingerprint density at radius 1 is 0.500 bits per heavy atom. The molecule has 2 unspecified atom stereocenters. The largest absolute Gasteiger partial charge is 0.289 e. The van der Waals surface area contributed by atoms with Crippen LogP contribution in [-0.4, -0.2) is 44.0 Å². The van der Waals surface area contributed by atoms with Crippen LogP contribution in [0.25, 0.3) is 0 Å². The molecule has 2 aliphatic heterocycles. The van der Waals surface area contributed by atoms with E-state index in [-0.39, 0.29) is 0 Å². The summed E-state index contributed by atoms with van der Waals surface area (Å²) in [4.78, 5) is 5.71. The van der Waals surface area contributed by atoms with E-state index in [0.717, 1.165) is 0 Å². The number of likely N-dealkylation sites (tertiary alicyclic amines) is 2. The molecule has 0 saturated carbocycles. The summed E-state index contributed by atoms with van der Waals surface area (Å²) < 4.78 is 0. The Morgan fingerprint density at radius 3 is 0.917 bits per heavy atom. The smallest absolute Gasteiger partial charge is 0.0231 e. The van der Waals surface area contributed by atoms with Gasteiger partial charge in [-0.3, -0.25) is 9.80 Å². The van der Waals surface area contributed by atoms with Gasteiger partial charge in [0.15, 0.2) is 0 Å². The summed E-state index contributed by atoms with van der Waals surface area (Å²) in [6, 6.07) is 1.12. The minimum atomic E-state index is 0.291. The van der Waals surface area contributed by atoms with Crippen LogP contribution >= 0.6 is 0 Å². The first kappa shape index (κ1) is 20.2. The molecular formula is C22H44N2. The van der Waals surface area contributed by atoms with Crippen molar-refractivity contribution in [3.05, 3.63) is 0 Å². The number of nitrogens with zero attached hydrogens (tertiary/aromatic N) is 2. The molecule has 0 aromatic rings. The SMILES string of the molecule is CC(C(C)N1C(C)(C)CCCC1(C)C)N1C(C)(C)CCCC1(C)C. The van der Waals surface area contributed by atoms with Gasteiger partial charge in [-0.2, -0.15) is 0 Å². The fourth-order valence-corrected chi connectivity index (χ4v) is 6.66. The summed E-state index contributed by atoms with van der Waals surface area (Å²) in [5, 5.41) is 0. The third kappa shape index (κ3) is 3.56. The molecule has 0 N–H and O–H groups in total. The van der Waals surface area contributed by atoms with E-state index in [1.807, 2.05) is 0 Å². The molecule has 142 valence electrons. The van der Waals surface area contributed by atoms with E-state index in [2.05, 4.69) is 79.0 Å². The molecule has 24 heavy (non-hydrogen) atoms. The summed E-state index contributed by atoms with van der Waals surface area (Å²) in [5.41, 5.74) is 1.16. The molecule has 0 aromatic heterocycles. The third-order valence-electron chi connectivity index (χ3n) is 7.28. The van der Waals surface area contributed by atoms with Crippen molar-refractivity contribution in [1.82, 2.24) is 9.80 Å². The highest BCUT2D eigenvalue weighted by Crippen LogP contribution is 2.45. The molecule has 0 aromatic carbocycles. The number of piperidine rings is 2. The second kappa shape index (κ2) is 6.27. The lowest BCUT2D eigenvalue weighted by molar-refractivity contribution is -0.122. The van der Waals surface area contributed by atoms with E-state index >= 15 is 0 Å². The monoisotopic (exact) mass is 336 g/mol. The zero-order valence-corrected chi connectivity index (χ0v) is 18.3. The van der Waals surface area contributed by atoms with Gasteiger partial charge in [-0.25, -0.2) is 0 Å². The lowest BCUT2D eigenvalue weighted by Gasteiger charge is -2.62. The molecule has 2 nitrogen and oxygen atoms in total. The highest BCUT2D eigenvalue weighted by molar-refractivity contribution is 5.06. The van der Waals surface area contributed by atoms with Crippen molar-refractivity contribution in [2.24, 2.45) is 0 Å². The standard InChI is InChI=1S/C22H44N2/c1-17(23-19(3,4)13-11-14-20(23,5)6)18(2)24-21(7,8)15-12-16-22(24,9)10/h17-18H,11-16H2,1-10H3. The lowest BCUT2D eigenvalue weighted by Crippen LogP contribution is -2.70. The Kier molecular flexibility index (Phi) is 5.28. The highest BCUT2D eigenvalue weighted by Gasteiger charge is 2.50. The first-order valence-corrected chi connectivity index (χ1v) is 10.3. The van der Waals surface area contributed by atoms with Gasteiger partial charge in [0.25, 0.3) is 0 Å². The molecule has 2 heterocycles. The average Bonchev–Trinajstić information content (AvgIpc) is 2.33. The Morgan fingerprint density at radius 2 is 0.708 bits per heavy atom. The molecule has 2 atom stereocenters. The summed E-state index contributed by atoms with van der Waals surface area (Å²) in [7, 11) is 0. The number of hydrogen-bond donors (Lipinski definition) is 0. The van der Waals surface area contributed by atoms with Crippen molar-refractivity contribution in [2.45, 2.75) is 142 Å². The molecule has 2 rings (SSSR count). The van der Waals surface area contributed by atoms with Gasteiger partial charge in [0.05, 0.1) is 0 Å². The highest BCUT2D eigenvalue weighted by atomic mass is 15.4. The van der Waals surface area contributed by atoms with Gasteiger partial charge in [-0.15, -0.1) is 0 Å². The molecular weight excluding hydrogens is 292 g/mol. The predicted molar refractivity (Wildman–Crippen MR) is 107 cm³/mol. The molecule has 2 aliphatic rings. The Hall–Kier alpha value is -0.0800. The third-order valence-corrected chi connectivity index (χ3v) is 7.28. The van der Waals surface area contributed by atoms with Gasteiger partial charge >= 0.3 is 0 Å². The predicted octanol–water partition coefficient (Wildman–Crippen LogP) is 5.85. The molecule has 0 radical (unpaired) electrons. The van der Waals surface area contributed by atoms with Crippen LogP contribution in [-0.2, 0) is 0 Å². The second-order valence-electron chi connectivity index (χ2n) is 11.2. The molecule has 0 aliphatic carbocycles. The molecule has 2 fully saturated rings. The van der Waals surface area contributed by atoms with Gasteiger partial charge in [0.1, 0.15) is 0 Å². The first-order valence-electron chi connectivity index (χ1n) is 10.3. The quantitative estimate of drug-likeness (QED) is 0.638. The van der Waals surface area contributed by atoms with E-state index in [4.69, 9.17) is 0 Å². The minimum absolute atomic E-state index is 0.291. The minimum Gasteiger partial charge on any atom is -0.289 e. The Labute approximate surface area is 152 Å². The van der Waals surface area contributed by atoms with Crippen molar-refractivity contribution >= 4 is 0 Å². The summed E-state index contributed by atoms with van der Waals surface area (Å²) in [6.07, 6.45) is 8.00. The van der Waals surface area contributed by atoms with E-state index in [0.29, 0.717) is 34.2 Å². The molecule has 0 bridgehead atoms. The van der Waals surface area contributed by atoms with Gasteiger partial charge in [0, 0.05) is 34.2 Å². The van der Waals surface area contributed by atoms with Crippen LogP contribution in [0.5, 0.6) is 0 Å². The maximum atomic E-state index is 2.86. The maximum absolute atomic E-state index is 2.86. The normalized spacial score (nSPS) is 32.2. The van der Waals surface area contributed by atoms with Gasteiger partial charge in [0.2, 0.25) is 0 Å². The van der Waals surface area contributed by atoms with Crippen molar-refractivity contribution in [1.29, 1.82) is 0 Å². The zero-order chi connectivity index (χ0) is 18.6. The summed E-state index contributed by atoms with van der Waals surface area (Å²) >= 11 is 0. The number of hydrogen-bond acceptors (Lipinski definition) is 2. The van der Waals surface area contributed by atoms with E-state index in [9.17, 15) is 0 Å². The average molecular weight is 337 g/mol. The van der Waals surface area contributed by atoms with Crippen LogP contribution in [0.15, 0.2) is 0 Å². The van der Waals surface area contributed by atoms with Crippen molar-refractivity contribution in [3.63, 3.8) is 0 Å². The van der Waals surface area contributed by atoms with Crippen LogP contribution < -0.4 is 0 Å². The van der Waals surface area contributed by atoms with Crippen molar-refractivity contribution < 1.29 is 0 Å². The van der Waals surface area contributed by atoms with Crippen molar-refractivity contribution in [2.75, 3.05) is 0 Å². The lowest BCUT2D eigenvalue weighted by atomic mass is 9.75. The molecule has 0 spiro atoms. The molecule has 2 heteroatoms. The van der Waals surface area contributed by atoms with Crippen LogP contribution in [0.3, 0.4) is 0 Å². The maximum Gasteiger partial charge on any atom is 0.0231 e. The first-order chi connectivity index (χ1) is 10.7. The molecule has 2 saturated heterocycles.